The summed E-state index contributed by atoms with van der Waals surface area (Å²) in [6.45, 7) is 0.627. The quantitative estimate of drug-likeness (QED) is 0.425. The van der Waals surface area contributed by atoms with Gasteiger partial charge in [0.15, 0.2) is 5.65 Å². The summed E-state index contributed by atoms with van der Waals surface area (Å²) < 4.78 is 1.55. The number of nitrogens with one attached hydrogen (secondary N) is 1. The summed E-state index contributed by atoms with van der Waals surface area (Å²) >= 11 is 6.40. The lowest BCUT2D eigenvalue weighted by Gasteiger charge is -2.28. The maximum Gasteiger partial charge on any atom is 0.267 e. The van der Waals surface area contributed by atoms with E-state index in [2.05, 4.69) is 24.9 Å². The molecule has 1 aliphatic rings. The number of benzene rings is 1. The van der Waals surface area contributed by atoms with Crippen molar-refractivity contribution in [3.05, 3.63) is 86.9 Å². The second-order valence-corrected chi connectivity index (χ2v) is 8.34. The van der Waals surface area contributed by atoms with E-state index in [4.69, 9.17) is 16.6 Å². The highest BCUT2D eigenvalue weighted by molar-refractivity contribution is 6.35. The minimum Gasteiger partial charge on any atom is -0.346 e. The summed E-state index contributed by atoms with van der Waals surface area (Å²) in [6.07, 6.45) is 7.50. The number of H-pyrrole nitrogens is 1. The van der Waals surface area contributed by atoms with Crippen molar-refractivity contribution in [3.8, 4) is 5.69 Å². The summed E-state index contributed by atoms with van der Waals surface area (Å²) in [7, 11) is 0. The number of halogens is 1. The van der Waals surface area contributed by atoms with E-state index >= 15 is 0 Å². The molecule has 0 radical (unpaired) electrons. The van der Waals surface area contributed by atoms with Gasteiger partial charge in [-0.15, -0.1) is 0 Å². The lowest BCUT2D eigenvalue weighted by Crippen LogP contribution is -2.32. The van der Waals surface area contributed by atoms with Crippen molar-refractivity contribution in [1.29, 1.82) is 0 Å². The Bertz CT molecular complexity index is 1660. The summed E-state index contributed by atoms with van der Waals surface area (Å²) in [5.74, 6) is 0.984. The largest absolute Gasteiger partial charge is 0.346 e. The summed E-state index contributed by atoms with van der Waals surface area (Å²) in [5.41, 5.74) is 0.788. The third-order valence-corrected chi connectivity index (χ3v) is 6.33. The number of rotatable bonds is 3. The van der Waals surface area contributed by atoms with Crippen LogP contribution in [0, 0.1) is 0 Å². The number of hydrogen-bond donors (Lipinski definition) is 1. The second kappa shape index (κ2) is 7.99. The zero-order valence-corrected chi connectivity index (χ0v) is 18.5. The topological polar surface area (TPSA) is 123 Å². The molecule has 11 heteroatoms. The number of aromatic amines is 1. The molecule has 0 bridgehead atoms. The first-order valence-corrected chi connectivity index (χ1v) is 11.1. The van der Waals surface area contributed by atoms with Crippen LogP contribution in [0.2, 0.25) is 5.02 Å². The molecular weight excluding hydrogens is 456 g/mol. The van der Waals surface area contributed by atoms with Gasteiger partial charge in [0.2, 0.25) is 0 Å². The summed E-state index contributed by atoms with van der Waals surface area (Å²) in [5, 5.41) is 0.979. The van der Waals surface area contributed by atoms with Crippen LogP contribution in [0.5, 0.6) is 0 Å². The fourth-order valence-electron chi connectivity index (χ4n) is 4.56. The Labute approximate surface area is 196 Å². The Morgan fingerprint density at radius 3 is 2.82 bits per heavy atom. The van der Waals surface area contributed by atoms with Crippen LogP contribution >= 0.6 is 11.6 Å². The van der Waals surface area contributed by atoms with E-state index < -0.39 is 0 Å². The number of anilines is 1. The molecule has 1 fully saturated rings. The van der Waals surface area contributed by atoms with Gasteiger partial charge in [-0.1, -0.05) is 17.7 Å². The highest BCUT2D eigenvalue weighted by Crippen LogP contribution is 2.37. The Morgan fingerprint density at radius 1 is 1.06 bits per heavy atom. The van der Waals surface area contributed by atoms with Crippen molar-refractivity contribution in [1.82, 2.24) is 34.5 Å². The standard InChI is InChI=1S/C23H17ClN8O2/c24-14-5-1-6-15-17(14)23(34)32(13-4-2-8-25-10-13)20(30-15)16-7-3-9-31(16)21-18-19(26-11-28-21)27-12-29-22(18)33/h1-2,4-6,8,10-12,16H,3,7,9H2,(H,26,27,28,29,33)/t16-/m0/s1. The van der Waals surface area contributed by atoms with Crippen LogP contribution in [0.4, 0.5) is 5.82 Å². The van der Waals surface area contributed by atoms with E-state index in [1.54, 1.807) is 47.3 Å². The van der Waals surface area contributed by atoms with Crippen LogP contribution in [0.1, 0.15) is 24.7 Å². The van der Waals surface area contributed by atoms with Gasteiger partial charge in [0, 0.05) is 12.7 Å². The van der Waals surface area contributed by atoms with Crippen molar-refractivity contribution in [2.75, 3.05) is 11.4 Å². The normalized spacial score (nSPS) is 15.9. The predicted octanol–water partition coefficient (Wildman–Crippen LogP) is 2.80. The molecule has 0 unspecified atom stereocenters. The Kier molecular flexibility index (Phi) is 4.80. The van der Waals surface area contributed by atoms with Crippen molar-refractivity contribution < 1.29 is 0 Å². The first kappa shape index (κ1) is 20.4. The van der Waals surface area contributed by atoms with E-state index in [1.165, 1.54) is 12.7 Å². The fourth-order valence-corrected chi connectivity index (χ4v) is 4.82. The lowest BCUT2D eigenvalue weighted by molar-refractivity contribution is 0.633. The number of hydrogen-bond acceptors (Lipinski definition) is 8. The molecule has 1 N–H and O–H groups in total. The smallest absolute Gasteiger partial charge is 0.267 e. The zero-order chi connectivity index (χ0) is 23.2. The van der Waals surface area contributed by atoms with Crippen LogP contribution in [-0.4, -0.2) is 41.0 Å². The molecule has 10 nitrogen and oxygen atoms in total. The number of nitrogens with zero attached hydrogens (tertiary/aromatic N) is 7. The van der Waals surface area contributed by atoms with E-state index in [0.29, 0.717) is 57.3 Å². The molecule has 1 aromatic carbocycles. The molecule has 168 valence electrons. The average molecular weight is 473 g/mol. The van der Waals surface area contributed by atoms with Gasteiger partial charge in [0.05, 0.1) is 40.2 Å². The molecule has 5 aromatic rings. The second-order valence-electron chi connectivity index (χ2n) is 7.93. The van der Waals surface area contributed by atoms with Gasteiger partial charge in [-0.2, -0.15) is 0 Å². The summed E-state index contributed by atoms with van der Waals surface area (Å²) in [4.78, 5) is 52.8. The van der Waals surface area contributed by atoms with Gasteiger partial charge in [-0.3, -0.25) is 19.1 Å². The average Bonchev–Trinajstić information content (AvgIpc) is 3.34. The molecule has 4 aromatic heterocycles. The van der Waals surface area contributed by atoms with Crippen LogP contribution in [0.15, 0.2) is 65.0 Å². The Hall–Kier alpha value is -4.18. The third kappa shape index (κ3) is 3.14. The first-order valence-electron chi connectivity index (χ1n) is 10.7. The van der Waals surface area contributed by atoms with Gasteiger partial charge >= 0.3 is 0 Å². The van der Waals surface area contributed by atoms with Crippen molar-refractivity contribution in [3.63, 3.8) is 0 Å². The monoisotopic (exact) mass is 472 g/mol. The minimum absolute atomic E-state index is 0.280. The van der Waals surface area contributed by atoms with Crippen molar-refractivity contribution >= 4 is 39.4 Å². The minimum atomic E-state index is -0.325. The predicted molar refractivity (Wildman–Crippen MR) is 127 cm³/mol. The Balaban J connectivity index is 1.63. The van der Waals surface area contributed by atoms with Gasteiger partial charge in [0.1, 0.15) is 23.4 Å². The SMILES string of the molecule is O=c1[nH]cnc2ncnc(N3CCC[C@H]3c3nc4cccc(Cl)c4c(=O)n3-c3cccnc3)c12. The van der Waals surface area contributed by atoms with E-state index in [9.17, 15) is 9.59 Å². The number of pyridine rings is 1. The van der Waals surface area contributed by atoms with Gasteiger partial charge in [-0.25, -0.2) is 19.9 Å². The highest BCUT2D eigenvalue weighted by atomic mass is 35.5. The van der Waals surface area contributed by atoms with Gasteiger partial charge in [0.25, 0.3) is 11.1 Å². The number of aromatic nitrogens is 7. The molecule has 6 rings (SSSR count). The van der Waals surface area contributed by atoms with E-state index in [-0.39, 0.29) is 17.2 Å². The Morgan fingerprint density at radius 2 is 1.97 bits per heavy atom. The fraction of sp³-hybridized carbons (Fsp3) is 0.174. The van der Waals surface area contributed by atoms with Crippen molar-refractivity contribution in [2.45, 2.75) is 18.9 Å². The molecule has 5 heterocycles. The summed E-state index contributed by atoms with van der Waals surface area (Å²) in [6, 6.07) is 8.45. The molecule has 34 heavy (non-hydrogen) atoms. The molecule has 1 saturated heterocycles. The van der Waals surface area contributed by atoms with Crippen molar-refractivity contribution in [2.24, 2.45) is 0 Å². The molecule has 1 aliphatic heterocycles. The lowest BCUT2D eigenvalue weighted by atomic mass is 10.1. The van der Waals surface area contributed by atoms with Crippen LogP contribution in [-0.2, 0) is 0 Å². The van der Waals surface area contributed by atoms with E-state index in [1.807, 2.05) is 4.90 Å². The molecule has 1 atom stereocenters. The maximum absolute atomic E-state index is 13.7. The first-order chi connectivity index (χ1) is 16.6. The van der Waals surface area contributed by atoms with E-state index in [0.717, 1.165) is 6.42 Å². The zero-order valence-electron chi connectivity index (χ0n) is 17.7. The maximum atomic E-state index is 13.7. The molecule has 0 saturated carbocycles. The van der Waals surface area contributed by atoms with Gasteiger partial charge < -0.3 is 9.88 Å². The molecule has 0 amide bonds. The third-order valence-electron chi connectivity index (χ3n) is 6.02. The molecule has 0 spiro atoms. The van der Waals surface area contributed by atoms with Crippen LogP contribution in [0.25, 0.3) is 27.6 Å². The van der Waals surface area contributed by atoms with Crippen LogP contribution in [0.3, 0.4) is 0 Å². The number of fused-ring (bicyclic) bond motifs is 2. The highest BCUT2D eigenvalue weighted by Gasteiger charge is 2.33. The van der Waals surface area contributed by atoms with Gasteiger partial charge in [-0.05, 0) is 37.1 Å². The molecular formula is C23H17ClN8O2. The van der Waals surface area contributed by atoms with Crippen LogP contribution < -0.4 is 16.0 Å². The molecule has 0 aliphatic carbocycles.